The van der Waals surface area contributed by atoms with E-state index in [4.69, 9.17) is 4.52 Å². The van der Waals surface area contributed by atoms with Gasteiger partial charge in [-0.25, -0.2) is 4.39 Å². The van der Waals surface area contributed by atoms with Crippen LogP contribution in [0.25, 0.3) is 11.4 Å². The molecule has 0 aliphatic rings. The number of carbonyl (C=O) groups excluding carboxylic acids is 1. The van der Waals surface area contributed by atoms with Crippen molar-refractivity contribution in [3.63, 3.8) is 0 Å². The van der Waals surface area contributed by atoms with Crippen molar-refractivity contribution in [2.75, 3.05) is 0 Å². The average Bonchev–Trinajstić information content (AvgIpc) is 3.15. The topological polar surface area (TPSA) is 68.0 Å². The molecule has 1 atom stereocenters. The van der Waals surface area contributed by atoms with E-state index in [1.165, 1.54) is 17.7 Å². The lowest BCUT2D eigenvalue weighted by atomic mass is 10.0. The number of halogens is 1. The van der Waals surface area contributed by atoms with Gasteiger partial charge in [-0.3, -0.25) is 4.79 Å². The fourth-order valence-corrected chi connectivity index (χ4v) is 2.78. The Labute approximate surface area is 157 Å². The number of aromatic nitrogens is 2. The van der Waals surface area contributed by atoms with Gasteiger partial charge in [0.15, 0.2) is 0 Å². The summed E-state index contributed by atoms with van der Waals surface area (Å²) >= 11 is 0. The number of benzene rings is 2. The highest BCUT2D eigenvalue weighted by Gasteiger charge is 2.15. The van der Waals surface area contributed by atoms with Gasteiger partial charge in [-0.05, 0) is 43.2 Å². The molecule has 1 N–H and O–H groups in total. The Balaban J connectivity index is 1.55. The van der Waals surface area contributed by atoms with Crippen molar-refractivity contribution in [2.24, 2.45) is 0 Å². The van der Waals surface area contributed by atoms with Crippen LogP contribution >= 0.6 is 0 Å². The molecule has 1 aromatic heterocycles. The smallest absolute Gasteiger partial charge is 0.227 e. The van der Waals surface area contributed by atoms with Crippen LogP contribution in [0.15, 0.2) is 53.1 Å². The van der Waals surface area contributed by atoms with E-state index in [1.807, 2.05) is 38.1 Å². The Morgan fingerprint density at radius 2 is 1.85 bits per heavy atom. The second-order valence-electron chi connectivity index (χ2n) is 6.46. The third kappa shape index (κ3) is 5.00. The standard InChI is InChI=1S/C21H22FN3O2/c1-3-18(15-6-4-14(2)5-7-15)23-19(26)12-13-20-24-21(25-27-20)16-8-10-17(22)11-9-16/h4-11,18H,3,12-13H2,1-2H3,(H,23,26)/t18-/m0/s1. The molecule has 1 amide bonds. The lowest BCUT2D eigenvalue weighted by molar-refractivity contribution is -0.121. The molecule has 0 fully saturated rings. The van der Waals surface area contributed by atoms with E-state index in [0.717, 1.165) is 12.0 Å². The van der Waals surface area contributed by atoms with Crippen molar-refractivity contribution in [2.45, 2.75) is 39.2 Å². The van der Waals surface area contributed by atoms with Gasteiger partial charge in [0.2, 0.25) is 17.6 Å². The Morgan fingerprint density at radius 3 is 2.52 bits per heavy atom. The van der Waals surface area contributed by atoms with E-state index < -0.39 is 0 Å². The molecule has 6 heteroatoms. The van der Waals surface area contributed by atoms with Gasteiger partial charge in [-0.1, -0.05) is 41.9 Å². The summed E-state index contributed by atoms with van der Waals surface area (Å²) in [5, 5.41) is 6.93. The maximum absolute atomic E-state index is 13.0. The van der Waals surface area contributed by atoms with Gasteiger partial charge in [0.25, 0.3) is 0 Å². The summed E-state index contributed by atoms with van der Waals surface area (Å²) in [5.74, 6) is 0.381. The van der Waals surface area contributed by atoms with Gasteiger partial charge in [0.05, 0.1) is 6.04 Å². The summed E-state index contributed by atoms with van der Waals surface area (Å²) in [5.41, 5.74) is 2.95. The van der Waals surface area contributed by atoms with Gasteiger partial charge in [0.1, 0.15) is 5.82 Å². The lowest BCUT2D eigenvalue weighted by Gasteiger charge is -2.17. The number of nitrogens with zero attached hydrogens (tertiary/aromatic N) is 2. The van der Waals surface area contributed by atoms with Crippen LogP contribution in [0.2, 0.25) is 0 Å². The van der Waals surface area contributed by atoms with Crippen LogP contribution in [0.1, 0.15) is 42.8 Å². The van der Waals surface area contributed by atoms with E-state index in [-0.39, 0.29) is 24.2 Å². The molecule has 0 spiro atoms. The summed E-state index contributed by atoms with van der Waals surface area (Å²) in [7, 11) is 0. The van der Waals surface area contributed by atoms with Crippen molar-refractivity contribution < 1.29 is 13.7 Å². The molecular weight excluding hydrogens is 345 g/mol. The van der Waals surface area contributed by atoms with Crippen molar-refractivity contribution in [3.05, 3.63) is 71.4 Å². The summed E-state index contributed by atoms with van der Waals surface area (Å²) in [6.07, 6.45) is 1.42. The summed E-state index contributed by atoms with van der Waals surface area (Å²) < 4.78 is 18.2. The van der Waals surface area contributed by atoms with Crippen molar-refractivity contribution in [1.29, 1.82) is 0 Å². The third-order valence-electron chi connectivity index (χ3n) is 4.36. The number of hydrogen-bond donors (Lipinski definition) is 1. The first-order chi connectivity index (χ1) is 13.0. The monoisotopic (exact) mass is 367 g/mol. The van der Waals surface area contributed by atoms with Crippen LogP contribution in [0, 0.1) is 12.7 Å². The molecule has 3 rings (SSSR count). The van der Waals surface area contributed by atoms with Crippen LogP contribution in [-0.2, 0) is 11.2 Å². The number of nitrogens with one attached hydrogen (secondary N) is 1. The van der Waals surface area contributed by atoms with Crippen molar-refractivity contribution in [3.8, 4) is 11.4 Å². The fraction of sp³-hybridized carbons (Fsp3) is 0.286. The number of amides is 1. The van der Waals surface area contributed by atoms with Gasteiger partial charge in [0, 0.05) is 18.4 Å². The molecule has 140 valence electrons. The Hall–Kier alpha value is -3.02. The van der Waals surface area contributed by atoms with Crippen molar-refractivity contribution >= 4 is 5.91 Å². The molecule has 0 aliphatic heterocycles. The third-order valence-corrected chi connectivity index (χ3v) is 4.36. The summed E-state index contributed by atoms with van der Waals surface area (Å²) in [4.78, 5) is 16.6. The molecule has 0 bridgehead atoms. The molecular formula is C21H22FN3O2. The van der Waals surface area contributed by atoms with Crippen LogP contribution in [-0.4, -0.2) is 16.0 Å². The van der Waals surface area contributed by atoms with E-state index >= 15 is 0 Å². The lowest BCUT2D eigenvalue weighted by Crippen LogP contribution is -2.28. The number of rotatable bonds is 7. The first-order valence-electron chi connectivity index (χ1n) is 8.99. The molecule has 3 aromatic rings. The zero-order valence-electron chi connectivity index (χ0n) is 15.4. The van der Waals surface area contributed by atoms with E-state index in [1.54, 1.807) is 12.1 Å². The Kier molecular flexibility index (Phi) is 5.96. The average molecular weight is 367 g/mol. The van der Waals surface area contributed by atoms with Crippen LogP contribution in [0.4, 0.5) is 4.39 Å². The quantitative estimate of drug-likeness (QED) is 0.673. The van der Waals surface area contributed by atoms with Crippen LogP contribution in [0.3, 0.4) is 0 Å². The Morgan fingerprint density at radius 1 is 1.15 bits per heavy atom. The largest absolute Gasteiger partial charge is 0.349 e. The van der Waals surface area contributed by atoms with Crippen LogP contribution < -0.4 is 5.32 Å². The molecule has 0 saturated heterocycles. The van der Waals surface area contributed by atoms with Crippen molar-refractivity contribution in [1.82, 2.24) is 15.5 Å². The molecule has 2 aromatic carbocycles. The van der Waals surface area contributed by atoms with Crippen LogP contribution in [0.5, 0.6) is 0 Å². The maximum Gasteiger partial charge on any atom is 0.227 e. The first-order valence-corrected chi connectivity index (χ1v) is 8.99. The first kappa shape index (κ1) is 18.8. The van der Waals surface area contributed by atoms with Gasteiger partial charge in [-0.15, -0.1) is 0 Å². The van der Waals surface area contributed by atoms with Gasteiger partial charge < -0.3 is 9.84 Å². The highest BCUT2D eigenvalue weighted by Crippen LogP contribution is 2.18. The highest BCUT2D eigenvalue weighted by atomic mass is 19.1. The number of aryl methyl sites for hydroxylation is 2. The molecule has 0 radical (unpaired) electrons. The van der Waals surface area contributed by atoms with Gasteiger partial charge >= 0.3 is 0 Å². The molecule has 27 heavy (non-hydrogen) atoms. The molecule has 0 aliphatic carbocycles. The molecule has 0 unspecified atom stereocenters. The second-order valence-corrected chi connectivity index (χ2v) is 6.46. The SMILES string of the molecule is CC[C@H](NC(=O)CCc1nc(-c2ccc(F)cc2)no1)c1ccc(C)cc1. The minimum Gasteiger partial charge on any atom is -0.349 e. The Bertz CT molecular complexity index is 889. The van der Waals surface area contributed by atoms with E-state index in [2.05, 4.69) is 15.5 Å². The minimum absolute atomic E-state index is 0.0180. The second kappa shape index (κ2) is 8.58. The fourth-order valence-electron chi connectivity index (χ4n) is 2.78. The molecule has 5 nitrogen and oxygen atoms in total. The maximum atomic E-state index is 13.0. The predicted molar refractivity (Wildman–Crippen MR) is 100 cm³/mol. The van der Waals surface area contributed by atoms with Gasteiger partial charge in [-0.2, -0.15) is 4.98 Å². The molecule has 0 saturated carbocycles. The zero-order chi connectivity index (χ0) is 19.2. The summed E-state index contributed by atoms with van der Waals surface area (Å²) in [6.45, 7) is 4.08. The van der Waals surface area contributed by atoms with E-state index in [9.17, 15) is 9.18 Å². The summed E-state index contributed by atoms with van der Waals surface area (Å²) in [6, 6.07) is 14.0. The minimum atomic E-state index is -0.321. The highest BCUT2D eigenvalue weighted by molar-refractivity contribution is 5.76. The number of hydrogen-bond acceptors (Lipinski definition) is 4. The zero-order valence-corrected chi connectivity index (χ0v) is 15.4. The van der Waals surface area contributed by atoms with E-state index in [0.29, 0.717) is 23.7 Å². The molecule has 1 heterocycles. The number of carbonyl (C=O) groups is 1. The predicted octanol–water partition coefficient (Wildman–Crippen LogP) is 4.38. The normalized spacial score (nSPS) is 12.0.